The minimum atomic E-state index is -1.07. The van der Waals surface area contributed by atoms with E-state index in [0.717, 1.165) is 44.5 Å². The second-order valence-electron chi connectivity index (χ2n) is 17.4. The van der Waals surface area contributed by atoms with Crippen molar-refractivity contribution in [2.75, 3.05) is 34.4 Å². The molecule has 2 atom stereocenters. The van der Waals surface area contributed by atoms with Crippen LogP contribution < -0.4 is 18.9 Å². The van der Waals surface area contributed by atoms with E-state index >= 15 is 0 Å². The van der Waals surface area contributed by atoms with Gasteiger partial charge in [-0.05, 0) is 98.4 Å². The highest BCUT2D eigenvalue weighted by atomic mass is 35.5. The number of aliphatic imine (C=N–C) groups is 1. The molecule has 0 spiro atoms. The van der Waals surface area contributed by atoms with E-state index in [0.29, 0.717) is 50.3 Å². The van der Waals surface area contributed by atoms with Crippen LogP contribution in [0.25, 0.3) is 11.1 Å². The van der Waals surface area contributed by atoms with Crippen LogP contribution in [0.2, 0.25) is 10.0 Å². The maximum Gasteiger partial charge on any atom is 0.321 e. The van der Waals surface area contributed by atoms with Gasteiger partial charge in [0, 0.05) is 104 Å². The molecule has 6 aromatic rings. The molecule has 16 nitrogen and oxygen atoms in total. The molecule has 4 N–H and O–H groups in total. The number of rotatable bonds is 26. The van der Waals surface area contributed by atoms with Crippen molar-refractivity contribution in [3.63, 3.8) is 0 Å². The molecule has 18 heteroatoms. The van der Waals surface area contributed by atoms with Gasteiger partial charge in [0.1, 0.15) is 67.6 Å². The van der Waals surface area contributed by atoms with Gasteiger partial charge in [-0.3, -0.25) is 34.3 Å². The van der Waals surface area contributed by atoms with Crippen LogP contribution in [0.3, 0.4) is 0 Å². The standard InChI is InChI=1S/C55H58Cl2N6O10/c1-34-40(32-72-52-20-50(70-30-38-16-36(22-58)24-60-26-38)42(18-46(52)56)28-62(4)48(12-14-64)54(66)67)8-6-10-44(34)45-11-7-9-41(35(45)2)33-73-53-21-51(71-31-39-17-37(23-59-3)25-61-27-39)43(19-47(53)57)29-63(5)49(13-15-65)55(68)69/h6-11,16-21,23-27,48-49,64-65H,12-15,28-33H2,1-5H3,(H,66,67)(H,68,69)/b59-23+/t48-,49-/m0/s1. The number of hydrogen-bond acceptors (Lipinski definition) is 14. The number of nitriles is 1. The fourth-order valence-corrected chi connectivity index (χ4v) is 8.77. The number of nitrogens with zero attached hydrogens (tertiary/aromatic N) is 6. The Bertz CT molecular complexity index is 2970. The molecular formula is C55H58Cl2N6O10. The van der Waals surface area contributed by atoms with Crippen molar-refractivity contribution >= 4 is 41.4 Å². The van der Waals surface area contributed by atoms with E-state index in [4.69, 9.17) is 42.1 Å². The molecule has 6 rings (SSSR count). The van der Waals surface area contributed by atoms with Gasteiger partial charge in [-0.2, -0.15) is 5.26 Å². The molecule has 73 heavy (non-hydrogen) atoms. The van der Waals surface area contributed by atoms with Gasteiger partial charge in [0.25, 0.3) is 0 Å². The Balaban J connectivity index is 1.23. The minimum absolute atomic E-state index is 0.0257. The van der Waals surface area contributed by atoms with Crippen LogP contribution in [0.1, 0.15) is 68.5 Å². The maximum atomic E-state index is 12.1. The van der Waals surface area contributed by atoms with Crippen molar-refractivity contribution in [1.82, 2.24) is 19.8 Å². The number of aliphatic hydroxyl groups is 2. The predicted octanol–water partition coefficient (Wildman–Crippen LogP) is 8.84. The van der Waals surface area contributed by atoms with E-state index in [9.17, 15) is 35.3 Å². The molecule has 0 unspecified atom stereocenters. The van der Waals surface area contributed by atoms with Crippen LogP contribution in [0, 0.1) is 25.2 Å². The van der Waals surface area contributed by atoms with Gasteiger partial charge in [0.15, 0.2) is 0 Å². The summed E-state index contributed by atoms with van der Waals surface area (Å²) in [7, 11) is 4.99. The highest BCUT2D eigenvalue weighted by Gasteiger charge is 2.26. The molecule has 0 aliphatic rings. The van der Waals surface area contributed by atoms with Gasteiger partial charge in [-0.25, -0.2) is 0 Å². The van der Waals surface area contributed by atoms with Crippen molar-refractivity contribution in [3.05, 3.63) is 163 Å². The Kier molecular flexibility index (Phi) is 20.1. The Morgan fingerprint density at radius 2 is 1.11 bits per heavy atom. The number of hydrogen-bond donors (Lipinski definition) is 4. The fraction of sp³-hybridized carbons (Fsp3) is 0.309. The van der Waals surface area contributed by atoms with Gasteiger partial charge >= 0.3 is 11.9 Å². The number of likely N-dealkylation sites (N-methyl/N-ethyl adjacent to an activating group) is 2. The molecule has 0 aliphatic heterocycles. The van der Waals surface area contributed by atoms with Gasteiger partial charge < -0.3 is 39.4 Å². The number of pyridine rings is 2. The van der Waals surface area contributed by atoms with Crippen molar-refractivity contribution < 1.29 is 49.0 Å². The summed E-state index contributed by atoms with van der Waals surface area (Å²) in [5.74, 6) is -0.607. The van der Waals surface area contributed by atoms with Gasteiger partial charge in [0.2, 0.25) is 0 Å². The van der Waals surface area contributed by atoms with E-state index in [1.807, 2.05) is 56.3 Å². The normalized spacial score (nSPS) is 12.2. The highest BCUT2D eigenvalue weighted by Crippen LogP contribution is 2.38. The van der Waals surface area contributed by atoms with E-state index in [2.05, 4.69) is 21.0 Å². The number of carboxylic acids is 2. The lowest BCUT2D eigenvalue weighted by Gasteiger charge is -2.25. The summed E-state index contributed by atoms with van der Waals surface area (Å²) >= 11 is 13.7. The third-order valence-electron chi connectivity index (χ3n) is 12.3. The molecule has 0 fully saturated rings. The summed E-state index contributed by atoms with van der Waals surface area (Å²) in [5, 5.41) is 48.8. The number of aromatic nitrogens is 2. The maximum absolute atomic E-state index is 12.1. The number of aliphatic hydroxyl groups excluding tert-OH is 2. The summed E-state index contributed by atoms with van der Waals surface area (Å²) in [6.07, 6.45) is 8.20. The minimum Gasteiger partial charge on any atom is -0.488 e. The number of halogens is 2. The zero-order valence-electron chi connectivity index (χ0n) is 41.2. The van der Waals surface area contributed by atoms with Crippen LogP contribution >= 0.6 is 23.2 Å². The molecular weight excluding hydrogens is 976 g/mol. The molecule has 4 aromatic carbocycles. The first kappa shape index (κ1) is 55.2. The van der Waals surface area contributed by atoms with Gasteiger partial charge in [-0.15, -0.1) is 0 Å². The molecule has 2 heterocycles. The number of benzene rings is 4. The smallest absolute Gasteiger partial charge is 0.321 e. The molecule has 2 aromatic heterocycles. The summed E-state index contributed by atoms with van der Waals surface area (Å²) in [5.41, 5.74) is 9.54. The van der Waals surface area contributed by atoms with Gasteiger partial charge in [-0.1, -0.05) is 59.6 Å². The average molecular weight is 1030 g/mol. The second kappa shape index (κ2) is 26.6. The van der Waals surface area contributed by atoms with Crippen LogP contribution in [0.5, 0.6) is 23.0 Å². The lowest BCUT2D eigenvalue weighted by molar-refractivity contribution is -0.144. The fourth-order valence-electron chi connectivity index (χ4n) is 8.29. The highest BCUT2D eigenvalue weighted by molar-refractivity contribution is 6.32. The summed E-state index contributed by atoms with van der Waals surface area (Å²) in [4.78, 5) is 39.9. The molecule has 0 saturated heterocycles. The molecule has 0 amide bonds. The molecule has 0 aliphatic carbocycles. The summed E-state index contributed by atoms with van der Waals surface area (Å²) < 4.78 is 25.4. The second-order valence-corrected chi connectivity index (χ2v) is 18.2. The molecule has 0 radical (unpaired) electrons. The molecule has 382 valence electrons. The summed E-state index contributed by atoms with van der Waals surface area (Å²) in [6, 6.07) is 22.5. The zero-order valence-corrected chi connectivity index (χ0v) is 42.7. The van der Waals surface area contributed by atoms with Crippen LogP contribution in [0.15, 0.2) is 103 Å². The largest absolute Gasteiger partial charge is 0.488 e. The van der Waals surface area contributed by atoms with Crippen LogP contribution in [0.4, 0.5) is 0 Å². The number of carboxylic acid groups (broad SMARTS) is 2. The lowest BCUT2D eigenvalue weighted by atomic mass is 9.92. The zero-order chi connectivity index (χ0) is 52.6. The average Bonchev–Trinajstić information content (AvgIpc) is 3.36. The first-order valence-electron chi connectivity index (χ1n) is 23.3. The van der Waals surface area contributed by atoms with E-state index in [1.54, 1.807) is 86.1 Å². The third kappa shape index (κ3) is 14.8. The van der Waals surface area contributed by atoms with Crippen LogP contribution in [-0.2, 0) is 49.1 Å². The lowest BCUT2D eigenvalue weighted by Crippen LogP contribution is -2.38. The van der Waals surface area contributed by atoms with Crippen molar-refractivity contribution in [2.24, 2.45) is 4.99 Å². The van der Waals surface area contributed by atoms with E-state index in [1.165, 1.54) is 6.20 Å². The first-order valence-corrected chi connectivity index (χ1v) is 24.0. The number of carbonyl (C=O) groups is 2. The quantitative estimate of drug-likeness (QED) is 0.0373. The Hall–Kier alpha value is -7.10. The topological polar surface area (TPSA) is 220 Å². The van der Waals surface area contributed by atoms with Crippen molar-refractivity contribution in [2.45, 2.75) is 78.3 Å². The van der Waals surface area contributed by atoms with Crippen molar-refractivity contribution in [1.29, 1.82) is 5.26 Å². The molecule has 0 saturated carbocycles. The number of aliphatic carboxylic acids is 2. The number of ether oxygens (including phenoxy) is 4. The third-order valence-corrected chi connectivity index (χ3v) is 12.9. The van der Waals surface area contributed by atoms with Crippen LogP contribution in [-0.4, -0.2) is 105 Å². The Morgan fingerprint density at radius 1 is 0.658 bits per heavy atom. The molecule has 0 bridgehead atoms. The Labute approximate surface area is 434 Å². The first-order chi connectivity index (χ1) is 35.1. The van der Waals surface area contributed by atoms with Crippen molar-refractivity contribution in [3.8, 4) is 40.2 Å². The van der Waals surface area contributed by atoms with E-state index < -0.39 is 24.0 Å². The predicted molar refractivity (Wildman–Crippen MR) is 277 cm³/mol. The SMILES string of the molecule is C/N=C/c1cncc(COc2cc(OCc3cccc(-c4cccc(COc5cc(OCc6cncc(C#N)c6)c(CN(C)[C@@H](CCO)C(=O)O)cc5Cl)c4C)c3C)c(Cl)cc2CN(C)[C@@H](CCO)C(=O)O)c1. The van der Waals surface area contributed by atoms with Gasteiger partial charge in [0.05, 0.1) is 15.6 Å². The Morgan fingerprint density at radius 3 is 1.55 bits per heavy atom. The monoisotopic (exact) mass is 1030 g/mol. The summed E-state index contributed by atoms with van der Waals surface area (Å²) in [6.45, 7) is 4.25. The van der Waals surface area contributed by atoms with E-state index in [-0.39, 0.29) is 70.6 Å².